The van der Waals surface area contributed by atoms with Crippen molar-refractivity contribution in [2.75, 3.05) is 0 Å². The highest BCUT2D eigenvalue weighted by atomic mass is 15.2. The third-order valence-electron chi connectivity index (χ3n) is 11.7. The van der Waals surface area contributed by atoms with Gasteiger partial charge in [-0.3, -0.25) is 14.5 Å². The molecule has 3 aromatic heterocycles. The fraction of sp³-hybridized carbons (Fsp3) is 0. The summed E-state index contributed by atoms with van der Waals surface area (Å²) in [4.78, 5) is 25.2. The van der Waals surface area contributed by atoms with Gasteiger partial charge in [-0.25, -0.2) is 4.98 Å². The molecule has 61 heavy (non-hydrogen) atoms. The lowest BCUT2D eigenvalue weighted by Crippen LogP contribution is -2.06. The summed E-state index contributed by atoms with van der Waals surface area (Å²) in [6, 6.07) is 68.2. The summed E-state index contributed by atoms with van der Waals surface area (Å²) in [7, 11) is 0. The molecule has 0 saturated carbocycles. The SMILES string of the molecule is c1ccc(-c2cccc(-c3cccc(-c4ccc5c(c4)c4cc6c7ccccc7n(-c7nc(-c8ccccc8)nc(-c8ccccc8)n7)c6cc4c4nccnc54)c3)c2)cc1. The van der Waals surface area contributed by atoms with E-state index >= 15 is 0 Å². The van der Waals surface area contributed by atoms with E-state index in [1.54, 1.807) is 12.4 Å². The zero-order chi connectivity index (χ0) is 40.3. The predicted octanol–water partition coefficient (Wildman–Crippen LogP) is 13.6. The van der Waals surface area contributed by atoms with Gasteiger partial charge in [-0.2, -0.15) is 9.97 Å². The van der Waals surface area contributed by atoms with E-state index in [0.29, 0.717) is 17.6 Å². The minimum absolute atomic E-state index is 0.547. The highest BCUT2D eigenvalue weighted by Crippen LogP contribution is 2.41. The Morgan fingerprint density at radius 2 is 0.770 bits per heavy atom. The summed E-state index contributed by atoms with van der Waals surface area (Å²) in [5.41, 5.74) is 12.6. The van der Waals surface area contributed by atoms with E-state index in [0.717, 1.165) is 76.6 Å². The fourth-order valence-corrected chi connectivity index (χ4v) is 8.82. The summed E-state index contributed by atoms with van der Waals surface area (Å²) < 4.78 is 2.17. The zero-order valence-corrected chi connectivity index (χ0v) is 32.8. The molecule has 0 radical (unpaired) electrons. The Morgan fingerprint density at radius 3 is 1.39 bits per heavy atom. The van der Waals surface area contributed by atoms with E-state index in [-0.39, 0.29) is 0 Å². The molecule has 12 aromatic rings. The topological polar surface area (TPSA) is 69.4 Å². The van der Waals surface area contributed by atoms with Gasteiger partial charge in [-0.05, 0) is 80.6 Å². The predicted molar refractivity (Wildman–Crippen MR) is 249 cm³/mol. The Labute approximate surface area is 351 Å². The van der Waals surface area contributed by atoms with Gasteiger partial charge < -0.3 is 0 Å². The normalized spacial score (nSPS) is 11.6. The van der Waals surface area contributed by atoms with Gasteiger partial charge in [0.05, 0.1) is 22.1 Å². The van der Waals surface area contributed by atoms with Crippen LogP contribution in [0.1, 0.15) is 0 Å². The van der Waals surface area contributed by atoms with Crippen LogP contribution in [0, 0.1) is 0 Å². The number of benzene rings is 9. The summed E-state index contributed by atoms with van der Waals surface area (Å²) in [5, 5.41) is 6.51. The minimum atomic E-state index is 0.547. The van der Waals surface area contributed by atoms with Crippen LogP contribution in [-0.2, 0) is 0 Å². The summed E-state index contributed by atoms with van der Waals surface area (Å²) in [6.45, 7) is 0. The molecule has 0 bridgehead atoms. The van der Waals surface area contributed by atoms with Crippen LogP contribution in [0.4, 0.5) is 0 Å². The van der Waals surface area contributed by atoms with Crippen molar-refractivity contribution in [2.45, 2.75) is 0 Å². The van der Waals surface area contributed by atoms with Crippen LogP contribution < -0.4 is 0 Å². The van der Waals surface area contributed by atoms with Crippen molar-refractivity contribution in [1.82, 2.24) is 29.5 Å². The Bertz CT molecular complexity index is 3580. The third kappa shape index (κ3) is 5.92. The second kappa shape index (κ2) is 14.2. The molecular weight excluding hydrogens is 745 g/mol. The van der Waals surface area contributed by atoms with Crippen molar-refractivity contribution in [1.29, 1.82) is 0 Å². The minimum Gasteiger partial charge on any atom is -0.278 e. The van der Waals surface area contributed by atoms with Crippen molar-refractivity contribution in [3.05, 3.63) is 207 Å². The van der Waals surface area contributed by atoms with Crippen LogP contribution in [0.5, 0.6) is 0 Å². The number of nitrogens with zero attached hydrogens (tertiary/aromatic N) is 6. The lowest BCUT2D eigenvalue weighted by molar-refractivity contribution is 0.954. The lowest BCUT2D eigenvalue weighted by Gasteiger charge is -2.13. The smallest absolute Gasteiger partial charge is 0.238 e. The standard InChI is InChI=1S/C55H34N6/c1-4-14-35(15-5-1)38-20-12-21-39(30-38)40-22-13-23-41(31-40)42-26-27-44-45(32-42)46-33-47-43-24-10-11-25-49(43)61(50(47)34-48(46)52-51(44)56-28-29-57-52)55-59-53(36-16-6-2-7-17-36)58-54(60-55)37-18-8-3-9-19-37/h1-34H. The highest BCUT2D eigenvalue weighted by molar-refractivity contribution is 6.27. The van der Waals surface area contributed by atoms with Crippen molar-refractivity contribution >= 4 is 54.4 Å². The molecule has 6 nitrogen and oxygen atoms in total. The molecule has 0 N–H and O–H groups in total. The Morgan fingerprint density at radius 1 is 0.279 bits per heavy atom. The van der Waals surface area contributed by atoms with Gasteiger partial charge in [0, 0.05) is 45.1 Å². The van der Waals surface area contributed by atoms with Crippen LogP contribution in [-0.4, -0.2) is 29.5 Å². The molecule has 0 saturated heterocycles. The number of fused-ring (bicyclic) bond motifs is 9. The van der Waals surface area contributed by atoms with Crippen molar-refractivity contribution in [2.24, 2.45) is 0 Å². The van der Waals surface area contributed by atoms with Crippen LogP contribution >= 0.6 is 0 Å². The van der Waals surface area contributed by atoms with Crippen molar-refractivity contribution < 1.29 is 0 Å². The molecule has 12 rings (SSSR count). The van der Waals surface area contributed by atoms with Crippen LogP contribution in [0.15, 0.2) is 207 Å². The zero-order valence-electron chi connectivity index (χ0n) is 32.8. The first kappa shape index (κ1) is 34.7. The molecule has 0 aliphatic rings. The van der Waals surface area contributed by atoms with Crippen molar-refractivity contribution in [3.63, 3.8) is 0 Å². The molecule has 0 aliphatic heterocycles. The van der Waals surface area contributed by atoms with E-state index in [1.165, 1.54) is 22.3 Å². The molecule has 0 atom stereocenters. The first-order valence-corrected chi connectivity index (χ1v) is 20.4. The molecule has 0 amide bonds. The maximum atomic E-state index is 5.17. The van der Waals surface area contributed by atoms with E-state index in [4.69, 9.17) is 24.9 Å². The molecule has 0 fully saturated rings. The Kier molecular flexibility index (Phi) is 8.06. The molecule has 3 heterocycles. The van der Waals surface area contributed by atoms with E-state index in [9.17, 15) is 0 Å². The van der Waals surface area contributed by atoms with Crippen LogP contribution in [0.25, 0.3) is 116 Å². The van der Waals surface area contributed by atoms with Gasteiger partial charge >= 0.3 is 0 Å². The van der Waals surface area contributed by atoms with Gasteiger partial charge in [0.15, 0.2) is 11.6 Å². The molecule has 0 spiro atoms. The van der Waals surface area contributed by atoms with Crippen molar-refractivity contribution in [3.8, 4) is 62.1 Å². The molecule has 0 unspecified atom stereocenters. The number of para-hydroxylation sites is 1. The van der Waals surface area contributed by atoms with E-state index in [1.807, 2.05) is 60.7 Å². The summed E-state index contributed by atoms with van der Waals surface area (Å²) in [5.74, 6) is 1.77. The maximum Gasteiger partial charge on any atom is 0.238 e. The number of aromatic nitrogens is 6. The summed E-state index contributed by atoms with van der Waals surface area (Å²) in [6.07, 6.45) is 3.56. The summed E-state index contributed by atoms with van der Waals surface area (Å²) >= 11 is 0. The third-order valence-corrected chi connectivity index (χ3v) is 11.7. The Balaban J connectivity index is 1.08. The van der Waals surface area contributed by atoms with Gasteiger partial charge in [-0.1, -0.05) is 158 Å². The molecule has 6 heteroatoms. The Hall–Kier alpha value is -8.35. The second-order valence-corrected chi connectivity index (χ2v) is 15.3. The number of rotatable bonds is 6. The first-order chi connectivity index (χ1) is 30.2. The fourth-order valence-electron chi connectivity index (χ4n) is 8.82. The lowest BCUT2D eigenvalue weighted by atomic mass is 9.93. The number of hydrogen-bond acceptors (Lipinski definition) is 5. The largest absolute Gasteiger partial charge is 0.278 e. The molecule has 9 aromatic carbocycles. The molecular formula is C55H34N6. The van der Waals surface area contributed by atoms with E-state index < -0.39 is 0 Å². The van der Waals surface area contributed by atoms with Gasteiger partial charge in [0.2, 0.25) is 5.95 Å². The van der Waals surface area contributed by atoms with Gasteiger partial charge in [-0.15, -0.1) is 0 Å². The highest BCUT2D eigenvalue weighted by Gasteiger charge is 2.21. The number of hydrogen-bond donors (Lipinski definition) is 0. The average Bonchev–Trinajstić information content (AvgIpc) is 3.67. The van der Waals surface area contributed by atoms with Crippen LogP contribution in [0.3, 0.4) is 0 Å². The van der Waals surface area contributed by atoms with Gasteiger partial charge in [0.25, 0.3) is 0 Å². The maximum absolute atomic E-state index is 5.17. The molecule has 284 valence electrons. The first-order valence-electron chi connectivity index (χ1n) is 20.4. The van der Waals surface area contributed by atoms with Crippen LogP contribution in [0.2, 0.25) is 0 Å². The van der Waals surface area contributed by atoms with Gasteiger partial charge in [0.1, 0.15) is 0 Å². The quantitative estimate of drug-likeness (QED) is 0.157. The second-order valence-electron chi connectivity index (χ2n) is 15.3. The molecule has 0 aliphatic carbocycles. The van der Waals surface area contributed by atoms with E-state index in [2.05, 4.69) is 138 Å². The average molecular weight is 779 g/mol. The monoisotopic (exact) mass is 778 g/mol.